The van der Waals surface area contributed by atoms with Gasteiger partial charge in [-0.2, -0.15) is 0 Å². The Hall–Kier alpha value is -0.200. The molecular formula is C7H20N4O. The molecule has 5 nitrogen and oxygen atoms in total. The van der Waals surface area contributed by atoms with Crippen LogP contribution in [-0.2, 0) is 4.84 Å². The smallest absolute Gasteiger partial charge is 0.153 e. The Kier molecular flexibility index (Phi) is 5.36. The van der Waals surface area contributed by atoms with Crippen LogP contribution in [0, 0.1) is 0 Å². The molecule has 0 fully saturated rings. The van der Waals surface area contributed by atoms with Crippen molar-refractivity contribution in [2.75, 3.05) is 21.1 Å². The molecule has 0 saturated carbocycles. The number of nitrogens with one attached hydrogen (secondary N) is 4. The number of hydroxylamine groups is 1. The summed E-state index contributed by atoms with van der Waals surface area (Å²) in [6, 6.07) is 0.139. The zero-order valence-electron chi connectivity index (χ0n) is 8.49. The van der Waals surface area contributed by atoms with E-state index in [2.05, 4.69) is 21.6 Å². The normalized spacial score (nSPS) is 18.8. The van der Waals surface area contributed by atoms with E-state index in [1.165, 1.54) is 0 Å². The number of likely N-dealkylation sites (N-methyl/N-ethyl adjacent to an activating group) is 1. The summed E-state index contributed by atoms with van der Waals surface area (Å²) in [5.41, 5.74) is 8.15. The minimum absolute atomic E-state index is 0.139. The first-order chi connectivity index (χ1) is 5.60. The van der Waals surface area contributed by atoms with Gasteiger partial charge < -0.3 is 0 Å². The van der Waals surface area contributed by atoms with Crippen molar-refractivity contribution in [2.24, 2.45) is 0 Å². The molecule has 74 valence electrons. The number of hydrogen-bond donors (Lipinski definition) is 4. The molecule has 5 heteroatoms. The first-order valence-corrected chi connectivity index (χ1v) is 4.06. The Labute approximate surface area is 74.2 Å². The average molecular weight is 176 g/mol. The van der Waals surface area contributed by atoms with Gasteiger partial charge in [0, 0.05) is 7.05 Å². The molecular weight excluding hydrogens is 156 g/mol. The van der Waals surface area contributed by atoms with Crippen LogP contribution in [0.1, 0.15) is 13.8 Å². The maximum atomic E-state index is 5.33. The van der Waals surface area contributed by atoms with E-state index >= 15 is 0 Å². The Balaban J connectivity index is 4.08. The lowest BCUT2D eigenvalue weighted by atomic mass is 10.1. The summed E-state index contributed by atoms with van der Waals surface area (Å²) in [6.45, 7) is 3.98. The molecule has 4 N–H and O–H groups in total. The van der Waals surface area contributed by atoms with Crippen LogP contribution >= 0.6 is 0 Å². The van der Waals surface area contributed by atoms with Crippen LogP contribution in [0.4, 0.5) is 0 Å². The van der Waals surface area contributed by atoms with Crippen LogP contribution in [0.5, 0.6) is 0 Å². The molecule has 2 atom stereocenters. The van der Waals surface area contributed by atoms with E-state index in [0.29, 0.717) is 0 Å². The highest BCUT2D eigenvalue weighted by atomic mass is 16.7. The number of hydrazine groups is 1. The van der Waals surface area contributed by atoms with Crippen molar-refractivity contribution >= 4 is 0 Å². The van der Waals surface area contributed by atoms with Crippen molar-refractivity contribution in [3.05, 3.63) is 0 Å². The average Bonchev–Trinajstić information content (AvgIpc) is 2.05. The van der Waals surface area contributed by atoms with Gasteiger partial charge in [-0.25, -0.2) is 5.48 Å². The molecule has 0 unspecified atom stereocenters. The summed E-state index contributed by atoms with van der Waals surface area (Å²) in [5, 5.41) is 3.08. The van der Waals surface area contributed by atoms with Gasteiger partial charge in [-0.3, -0.25) is 21.0 Å². The fourth-order valence-corrected chi connectivity index (χ4v) is 0.922. The maximum Gasteiger partial charge on any atom is 0.153 e. The summed E-state index contributed by atoms with van der Waals surface area (Å²) in [5.74, 6) is 0. The van der Waals surface area contributed by atoms with E-state index in [1.54, 1.807) is 7.05 Å². The third-order valence-corrected chi connectivity index (χ3v) is 2.00. The molecule has 0 aliphatic rings. The van der Waals surface area contributed by atoms with Gasteiger partial charge in [-0.05, 0) is 27.9 Å². The van der Waals surface area contributed by atoms with Gasteiger partial charge in [0.1, 0.15) is 0 Å². The lowest BCUT2D eigenvalue weighted by Gasteiger charge is -2.34. The summed E-state index contributed by atoms with van der Waals surface area (Å²) in [6.07, 6.45) is 0. The summed E-state index contributed by atoms with van der Waals surface area (Å²) in [4.78, 5) is 5.33. The van der Waals surface area contributed by atoms with Crippen molar-refractivity contribution in [1.82, 2.24) is 21.6 Å². The zero-order valence-corrected chi connectivity index (χ0v) is 8.49. The van der Waals surface area contributed by atoms with Crippen molar-refractivity contribution in [3.63, 3.8) is 0 Å². The predicted molar refractivity (Wildman–Crippen MR) is 49.3 cm³/mol. The van der Waals surface area contributed by atoms with Crippen LogP contribution in [0.15, 0.2) is 0 Å². The topological polar surface area (TPSA) is 57.3 Å². The fraction of sp³-hybridized carbons (Fsp3) is 1.00. The standard InChI is InChI=1S/C7H20N4O/c1-6(11-9-4)7(2,8-3)12-10-5/h6,8-11H,1-5H3/t6-,7+/m0/s1. The van der Waals surface area contributed by atoms with Crippen molar-refractivity contribution in [3.8, 4) is 0 Å². The molecule has 0 spiro atoms. The van der Waals surface area contributed by atoms with Gasteiger partial charge in [0.05, 0.1) is 6.04 Å². The zero-order chi connectivity index (χ0) is 9.61. The van der Waals surface area contributed by atoms with Gasteiger partial charge >= 0.3 is 0 Å². The van der Waals surface area contributed by atoms with E-state index in [4.69, 9.17) is 4.84 Å². The first-order valence-electron chi connectivity index (χ1n) is 4.06. The van der Waals surface area contributed by atoms with E-state index in [0.717, 1.165) is 0 Å². The Bertz CT molecular complexity index is 122. The molecule has 0 bridgehead atoms. The Morgan fingerprint density at radius 2 is 1.83 bits per heavy atom. The van der Waals surface area contributed by atoms with E-state index in [-0.39, 0.29) is 6.04 Å². The predicted octanol–water partition coefficient (Wildman–Crippen LogP) is -0.814. The van der Waals surface area contributed by atoms with Crippen molar-refractivity contribution in [2.45, 2.75) is 25.6 Å². The summed E-state index contributed by atoms with van der Waals surface area (Å²) in [7, 11) is 5.42. The highest BCUT2D eigenvalue weighted by Gasteiger charge is 2.30. The lowest BCUT2D eigenvalue weighted by Crippen LogP contribution is -2.60. The van der Waals surface area contributed by atoms with Gasteiger partial charge in [-0.15, -0.1) is 0 Å². The molecule has 12 heavy (non-hydrogen) atoms. The minimum atomic E-state index is -0.433. The van der Waals surface area contributed by atoms with E-state index in [9.17, 15) is 0 Å². The second-order valence-corrected chi connectivity index (χ2v) is 2.78. The third kappa shape index (κ3) is 3.04. The summed E-state index contributed by atoms with van der Waals surface area (Å²) >= 11 is 0. The SMILES string of the molecule is CNN[C@@H](C)[C@](C)(NC)ONC. The largest absolute Gasteiger partial charge is 0.290 e. The molecule has 0 radical (unpaired) electrons. The van der Waals surface area contributed by atoms with E-state index < -0.39 is 5.72 Å². The minimum Gasteiger partial charge on any atom is -0.290 e. The van der Waals surface area contributed by atoms with Crippen molar-refractivity contribution < 1.29 is 4.84 Å². The summed E-state index contributed by atoms with van der Waals surface area (Å²) < 4.78 is 0. The van der Waals surface area contributed by atoms with Crippen LogP contribution in [-0.4, -0.2) is 32.9 Å². The van der Waals surface area contributed by atoms with Gasteiger partial charge in [0.2, 0.25) is 0 Å². The Morgan fingerprint density at radius 1 is 1.25 bits per heavy atom. The van der Waals surface area contributed by atoms with Crippen LogP contribution in [0.3, 0.4) is 0 Å². The molecule has 0 rings (SSSR count). The molecule has 0 aromatic heterocycles. The number of rotatable bonds is 6. The van der Waals surface area contributed by atoms with Crippen LogP contribution < -0.4 is 21.6 Å². The molecule has 0 aromatic carbocycles. The third-order valence-electron chi connectivity index (χ3n) is 2.00. The lowest BCUT2D eigenvalue weighted by molar-refractivity contribution is -0.122. The van der Waals surface area contributed by atoms with Gasteiger partial charge in [0.15, 0.2) is 5.72 Å². The molecule has 0 heterocycles. The Morgan fingerprint density at radius 3 is 2.17 bits per heavy atom. The monoisotopic (exact) mass is 176 g/mol. The second-order valence-electron chi connectivity index (χ2n) is 2.78. The molecule has 0 aliphatic heterocycles. The second kappa shape index (κ2) is 5.45. The first kappa shape index (κ1) is 11.8. The maximum absolute atomic E-state index is 5.33. The van der Waals surface area contributed by atoms with Gasteiger partial charge in [-0.1, -0.05) is 0 Å². The molecule has 0 aromatic rings. The van der Waals surface area contributed by atoms with Crippen LogP contribution in [0.2, 0.25) is 0 Å². The highest BCUT2D eigenvalue weighted by Crippen LogP contribution is 2.08. The van der Waals surface area contributed by atoms with Crippen LogP contribution in [0.25, 0.3) is 0 Å². The molecule has 0 saturated heterocycles. The molecule has 0 amide bonds. The highest BCUT2D eigenvalue weighted by molar-refractivity contribution is 4.80. The van der Waals surface area contributed by atoms with Crippen molar-refractivity contribution in [1.29, 1.82) is 0 Å². The molecule has 0 aliphatic carbocycles. The number of hydrogen-bond acceptors (Lipinski definition) is 5. The van der Waals surface area contributed by atoms with E-state index in [1.807, 2.05) is 27.9 Å². The quantitative estimate of drug-likeness (QED) is 0.315. The van der Waals surface area contributed by atoms with Gasteiger partial charge in [0.25, 0.3) is 0 Å². The fourth-order valence-electron chi connectivity index (χ4n) is 0.922.